The van der Waals surface area contributed by atoms with Gasteiger partial charge in [-0.1, -0.05) is 48.4 Å². The second kappa shape index (κ2) is 9.12. The molecule has 2 aromatic heterocycles. The van der Waals surface area contributed by atoms with Gasteiger partial charge in [-0.05, 0) is 36.6 Å². The summed E-state index contributed by atoms with van der Waals surface area (Å²) in [6, 6.07) is 15.5. The van der Waals surface area contributed by atoms with Gasteiger partial charge in [0.05, 0.1) is 12.1 Å². The number of hydrogen-bond acceptors (Lipinski definition) is 4. The fourth-order valence-electron chi connectivity index (χ4n) is 4.28. The zero-order valence-electron chi connectivity index (χ0n) is 17.8. The summed E-state index contributed by atoms with van der Waals surface area (Å²) >= 11 is 6.00. The largest absolute Gasteiger partial charge is 0.350 e. The average molecular weight is 449 g/mol. The monoisotopic (exact) mass is 448 g/mol. The van der Waals surface area contributed by atoms with E-state index in [1.807, 2.05) is 53.2 Å². The molecule has 7 nitrogen and oxygen atoms in total. The zero-order valence-corrected chi connectivity index (χ0v) is 18.6. The second-order valence-corrected chi connectivity index (χ2v) is 8.59. The van der Waals surface area contributed by atoms with E-state index < -0.39 is 0 Å². The molecule has 164 valence electrons. The molecule has 2 aromatic carbocycles. The van der Waals surface area contributed by atoms with Crippen molar-refractivity contribution in [1.82, 2.24) is 29.9 Å². The Kier molecular flexibility index (Phi) is 5.90. The number of nitrogens with one attached hydrogen (secondary N) is 1. The summed E-state index contributed by atoms with van der Waals surface area (Å²) in [6.07, 6.45) is 5.19. The first kappa shape index (κ1) is 20.7. The Balaban J connectivity index is 1.30. The second-order valence-electron chi connectivity index (χ2n) is 8.15. The van der Waals surface area contributed by atoms with Crippen LogP contribution in [0.15, 0.2) is 48.5 Å². The summed E-state index contributed by atoms with van der Waals surface area (Å²) in [5.74, 6) is 1.84. The van der Waals surface area contributed by atoms with Crippen LogP contribution in [0.1, 0.15) is 47.0 Å². The van der Waals surface area contributed by atoms with Crippen molar-refractivity contribution in [2.75, 3.05) is 6.54 Å². The van der Waals surface area contributed by atoms with Crippen LogP contribution in [0.4, 0.5) is 0 Å². The fraction of sp³-hybridized carbons (Fsp3) is 0.333. The lowest BCUT2D eigenvalue weighted by atomic mass is 10.2. The molecule has 0 saturated carbocycles. The maximum absolute atomic E-state index is 13.0. The molecule has 0 fully saturated rings. The molecule has 0 radical (unpaired) electrons. The molecule has 0 saturated heterocycles. The maximum Gasteiger partial charge on any atom is 0.272 e. The summed E-state index contributed by atoms with van der Waals surface area (Å²) in [7, 11) is 0. The van der Waals surface area contributed by atoms with Crippen LogP contribution >= 0.6 is 11.6 Å². The standard InChI is InChI=1S/C24H25ClN6O/c25-18-11-9-17(10-12-18)16-31-20-7-4-3-6-19(20)23(29-31)24(32)26-14-13-22-28-27-21-8-2-1-5-15-30(21)22/h3-4,6-7,9-12H,1-2,5,8,13-16H2,(H,26,32). The number of para-hydroxylation sites is 1. The number of nitrogens with zero attached hydrogens (tertiary/aromatic N) is 5. The SMILES string of the molecule is O=C(NCCc1nnc2n1CCCCC2)c1nn(Cc2ccc(Cl)cc2)c2ccccc12. The molecule has 5 rings (SSSR count). The molecule has 3 heterocycles. The van der Waals surface area contributed by atoms with Gasteiger partial charge in [0.15, 0.2) is 5.69 Å². The smallest absolute Gasteiger partial charge is 0.272 e. The van der Waals surface area contributed by atoms with Crippen LogP contribution in [0.2, 0.25) is 5.02 Å². The summed E-state index contributed by atoms with van der Waals surface area (Å²) in [6.45, 7) is 2.03. The Morgan fingerprint density at radius 2 is 1.88 bits per heavy atom. The number of amides is 1. The number of aromatic nitrogens is 5. The van der Waals surface area contributed by atoms with E-state index in [1.54, 1.807) is 0 Å². The molecule has 0 unspecified atom stereocenters. The number of rotatable bonds is 6. The van der Waals surface area contributed by atoms with Crippen molar-refractivity contribution in [3.05, 3.63) is 76.5 Å². The molecule has 0 bridgehead atoms. The highest BCUT2D eigenvalue weighted by Crippen LogP contribution is 2.20. The van der Waals surface area contributed by atoms with Crippen LogP contribution < -0.4 is 5.32 Å². The van der Waals surface area contributed by atoms with Crippen molar-refractivity contribution < 1.29 is 4.79 Å². The van der Waals surface area contributed by atoms with E-state index in [9.17, 15) is 4.79 Å². The summed E-state index contributed by atoms with van der Waals surface area (Å²) < 4.78 is 4.08. The third-order valence-electron chi connectivity index (χ3n) is 5.94. The Bertz CT molecular complexity index is 1240. The van der Waals surface area contributed by atoms with Gasteiger partial charge in [-0.25, -0.2) is 0 Å². The van der Waals surface area contributed by atoms with Gasteiger partial charge in [0, 0.05) is 36.3 Å². The van der Waals surface area contributed by atoms with Gasteiger partial charge in [-0.3, -0.25) is 9.48 Å². The van der Waals surface area contributed by atoms with Gasteiger partial charge in [0.25, 0.3) is 5.91 Å². The zero-order chi connectivity index (χ0) is 21.9. The molecule has 1 N–H and O–H groups in total. The quantitative estimate of drug-likeness (QED) is 0.483. The van der Waals surface area contributed by atoms with Gasteiger partial charge in [0.1, 0.15) is 11.6 Å². The van der Waals surface area contributed by atoms with E-state index in [1.165, 1.54) is 12.8 Å². The molecular weight excluding hydrogens is 424 g/mol. The van der Waals surface area contributed by atoms with E-state index in [0.29, 0.717) is 30.2 Å². The van der Waals surface area contributed by atoms with Crippen LogP contribution in [0.3, 0.4) is 0 Å². The first-order valence-corrected chi connectivity index (χ1v) is 11.5. The number of halogens is 1. The predicted octanol–water partition coefficient (Wildman–Crippen LogP) is 4.03. The summed E-state index contributed by atoms with van der Waals surface area (Å²) in [5, 5.41) is 17.9. The third kappa shape index (κ3) is 4.25. The van der Waals surface area contributed by atoms with Crippen LogP contribution in [0.25, 0.3) is 10.9 Å². The van der Waals surface area contributed by atoms with Gasteiger partial charge in [0.2, 0.25) is 0 Å². The van der Waals surface area contributed by atoms with E-state index in [2.05, 4.69) is 25.2 Å². The first-order valence-electron chi connectivity index (χ1n) is 11.1. The van der Waals surface area contributed by atoms with Crippen molar-refractivity contribution >= 4 is 28.4 Å². The Hall–Kier alpha value is -3.19. The van der Waals surface area contributed by atoms with Crippen molar-refractivity contribution in [2.45, 2.75) is 45.2 Å². The van der Waals surface area contributed by atoms with Gasteiger partial charge in [-0.15, -0.1) is 10.2 Å². The minimum atomic E-state index is -0.174. The Morgan fingerprint density at radius 3 is 2.75 bits per heavy atom. The maximum atomic E-state index is 13.0. The molecule has 0 atom stereocenters. The van der Waals surface area contributed by atoms with E-state index in [-0.39, 0.29) is 5.91 Å². The van der Waals surface area contributed by atoms with E-state index in [0.717, 1.165) is 47.5 Å². The lowest BCUT2D eigenvalue weighted by molar-refractivity contribution is 0.0949. The number of carbonyl (C=O) groups excluding carboxylic acids is 1. The number of benzene rings is 2. The van der Waals surface area contributed by atoms with Crippen LogP contribution in [-0.2, 0) is 25.9 Å². The molecule has 1 amide bonds. The highest BCUT2D eigenvalue weighted by molar-refractivity contribution is 6.30. The first-order chi connectivity index (χ1) is 15.7. The Labute approximate surface area is 191 Å². The molecule has 8 heteroatoms. The van der Waals surface area contributed by atoms with Gasteiger partial charge >= 0.3 is 0 Å². The molecule has 4 aromatic rings. The molecule has 1 aliphatic heterocycles. The molecule has 0 aliphatic carbocycles. The van der Waals surface area contributed by atoms with Crippen molar-refractivity contribution in [2.24, 2.45) is 0 Å². The number of fused-ring (bicyclic) bond motifs is 2. The topological polar surface area (TPSA) is 77.6 Å². The number of aryl methyl sites for hydroxylation is 1. The summed E-state index contributed by atoms with van der Waals surface area (Å²) in [4.78, 5) is 13.0. The summed E-state index contributed by atoms with van der Waals surface area (Å²) in [5.41, 5.74) is 2.44. The lowest BCUT2D eigenvalue weighted by Gasteiger charge is -2.07. The molecule has 0 spiro atoms. The molecule has 32 heavy (non-hydrogen) atoms. The van der Waals surface area contributed by atoms with Crippen LogP contribution in [0, 0.1) is 0 Å². The van der Waals surface area contributed by atoms with E-state index in [4.69, 9.17) is 11.6 Å². The minimum absolute atomic E-state index is 0.174. The normalized spacial score (nSPS) is 13.7. The van der Waals surface area contributed by atoms with Crippen molar-refractivity contribution in [1.29, 1.82) is 0 Å². The molecule has 1 aliphatic rings. The number of hydrogen-bond donors (Lipinski definition) is 1. The van der Waals surface area contributed by atoms with Gasteiger partial charge < -0.3 is 9.88 Å². The molecular formula is C24H25ClN6O. The third-order valence-corrected chi connectivity index (χ3v) is 6.19. The van der Waals surface area contributed by atoms with Crippen molar-refractivity contribution in [3.8, 4) is 0 Å². The van der Waals surface area contributed by atoms with Crippen molar-refractivity contribution in [3.63, 3.8) is 0 Å². The minimum Gasteiger partial charge on any atom is -0.350 e. The predicted molar refractivity (Wildman–Crippen MR) is 124 cm³/mol. The Morgan fingerprint density at radius 1 is 1.03 bits per heavy atom. The highest BCUT2D eigenvalue weighted by Gasteiger charge is 2.18. The van der Waals surface area contributed by atoms with Crippen LogP contribution in [0.5, 0.6) is 0 Å². The van der Waals surface area contributed by atoms with E-state index >= 15 is 0 Å². The van der Waals surface area contributed by atoms with Crippen LogP contribution in [-0.4, -0.2) is 37.0 Å². The highest BCUT2D eigenvalue weighted by atomic mass is 35.5. The average Bonchev–Trinajstić information content (AvgIpc) is 3.27. The lowest BCUT2D eigenvalue weighted by Crippen LogP contribution is -2.27. The number of carbonyl (C=O) groups is 1. The van der Waals surface area contributed by atoms with Gasteiger partial charge in [-0.2, -0.15) is 5.10 Å². The fourth-order valence-corrected chi connectivity index (χ4v) is 4.41.